The summed E-state index contributed by atoms with van der Waals surface area (Å²) in [5.41, 5.74) is 6.66. The summed E-state index contributed by atoms with van der Waals surface area (Å²) in [6, 6.07) is 0. The van der Waals surface area contributed by atoms with Crippen LogP contribution in [0.25, 0.3) is 11.2 Å². The summed E-state index contributed by atoms with van der Waals surface area (Å²) >= 11 is 0. The normalized spacial score (nSPS) is 27.5. The van der Waals surface area contributed by atoms with Crippen LogP contribution in [0, 0.1) is 11.8 Å². The Morgan fingerprint density at radius 2 is 1.80 bits per heavy atom. The highest BCUT2D eigenvalue weighted by Gasteiger charge is 2.48. The lowest BCUT2D eigenvalue weighted by molar-refractivity contribution is -0.138. The zero-order chi connectivity index (χ0) is 31.9. The molecule has 1 saturated heterocycles. The molecule has 45 heavy (non-hydrogen) atoms. The third-order valence-electron chi connectivity index (χ3n) is 8.60. The third kappa shape index (κ3) is 7.94. The molecule has 0 aromatic carbocycles. The van der Waals surface area contributed by atoms with Crippen molar-refractivity contribution in [3.8, 4) is 0 Å². The minimum Gasteiger partial charge on any atom is -0.394 e. The molecule has 1 aliphatic carbocycles. The molecule has 1 saturated carbocycles. The number of nitrogens with two attached hydrogens (primary N) is 1. The molecule has 0 bridgehead atoms. The van der Waals surface area contributed by atoms with Gasteiger partial charge in [-0.3, -0.25) is 28.4 Å². The van der Waals surface area contributed by atoms with E-state index in [2.05, 4.69) is 20.3 Å². The number of rotatable bonds is 15. The van der Waals surface area contributed by atoms with Crippen LogP contribution in [-0.2, 0) is 32.9 Å². The zero-order valence-corrected chi connectivity index (χ0v) is 25.8. The molecular formula is C28H40N7O9P. The number of aliphatic hydroxyl groups is 1. The number of imide groups is 1. The standard InChI is InChI=1S/C28H40N7O9P/c29-25-22-26(32-15-31-25)35(16-33-22)28-24(23(44-45(40)41)19(14-36)43-28)42-12-4-2-1-3-11-30-27(39)18-7-5-17(6-8-18)13-34-20(37)9-10-21(34)38/h9-10,15-19,23-24,28,36,45H,1-8,11-14H2,(H,30,39)(H,40,41)(H2,29,31,32). The molecule has 2 aliphatic heterocycles. The van der Waals surface area contributed by atoms with E-state index < -0.39 is 39.4 Å². The van der Waals surface area contributed by atoms with E-state index in [-0.39, 0.29) is 35.4 Å². The van der Waals surface area contributed by atoms with Crippen LogP contribution in [0.2, 0.25) is 0 Å². The topological polar surface area (TPSA) is 221 Å². The molecule has 3 amide bonds. The van der Waals surface area contributed by atoms with Crippen molar-refractivity contribution in [1.29, 1.82) is 0 Å². The maximum atomic E-state index is 12.7. The van der Waals surface area contributed by atoms with Crippen molar-refractivity contribution in [3.63, 3.8) is 0 Å². The van der Waals surface area contributed by atoms with E-state index in [1.807, 2.05) is 0 Å². The van der Waals surface area contributed by atoms with Gasteiger partial charge in [0.05, 0.1) is 12.9 Å². The monoisotopic (exact) mass is 649 g/mol. The fourth-order valence-electron chi connectivity index (χ4n) is 6.20. The second-order valence-corrected chi connectivity index (χ2v) is 12.3. The number of hydrogen-bond donors (Lipinski definition) is 4. The second kappa shape index (κ2) is 15.3. The van der Waals surface area contributed by atoms with Gasteiger partial charge < -0.3 is 35.0 Å². The molecule has 246 valence electrons. The SMILES string of the molecule is Nc1ncnc2c1ncn2C1OC(CO)C(O[PH](=O)O)C1OCCCCCCNC(=O)C1CCC(CN2C(=O)C=CC2=O)CC1. The molecule has 17 heteroatoms. The van der Waals surface area contributed by atoms with Gasteiger partial charge in [0.1, 0.15) is 30.2 Å². The van der Waals surface area contributed by atoms with Gasteiger partial charge in [-0.1, -0.05) is 12.8 Å². The Morgan fingerprint density at radius 1 is 1.07 bits per heavy atom. The summed E-state index contributed by atoms with van der Waals surface area (Å²) in [7, 11) is -3.36. The highest BCUT2D eigenvalue weighted by Crippen LogP contribution is 2.39. The summed E-state index contributed by atoms with van der Waals surface area (Å²) in [5, 5.41) is 12.9. The largest absolute Gasteiger partial charge is 0.394 e. The predicted octanol–water partition coefficient (Wildman–Crippen LogP) is 0.859. The van der Waals surface area contributed by atoms with Crippen molar-refractivity contribution in [2.24, 2.45) is 11.8 Å². The van der Waals surface area contributed by atoms with Crippen LogP contribution in [0.1, 0.15) is 57.6 Å². The molecule has 5 atom stereocenters. The van der Waals surface area contributed by atoms with E-state index in [4.69, 9.17) is 19.7 Å². The van der Waals surface area contributed by atoms with E-state index in [0.717, 1.165) is 44.9 Å². The van der Waals surface area contributed by atoms with Crippen molar-refractivity contribution in [3.05, 3.63) is 24.8 Å². The first kappa shape index (κ1) is 33.1. The molecule has 3 aliphatic rings. The molecule has 5 unspecified atom stereocenters. The predicted molar refractivity (Wildman–Crippen MR) is 159 cm³/mol. The van der Waals surface area contributed by atoms with E-state index in [9.17, 15) is 28.9 Å². The van der Waals surface area contributed by atoms with Gasteiger partial charge >= 0.3 is 8.25 Å². The van der Waals surface area contributed by atoms with Crippen LogP contribution in [0.3, 0.4) is 0 Å². The van der Waals surface area contributed by atoms with Gasteiger partial charge in [0.25, 0.3) is 11.8 Å². The van der Waals surface area contributed by atoms with Gasteiger partial charge in [0, 0.05) is 37.8 Å². The smallest absolute Gasteiger partial charge is 0.317 e. The number of amides is 3. The van der Waals surface area contributed by atoms with E-state index in [0.29, 0.717) is 37.3 Å². The fourth-order valence-corrected chi connectivity index (χ4v) is 6.72. The average Bonchev–Trinajstić information content (AvgIpc) is 3.70. The highest BCUT2D eigenvalue weighted by molar-refractivity contribution is 7.32. The van der Waals surface area contributed by atoms with Crippen molar-refractivity contribution >= 4 is 43.0 Å². The Hall–Kier alpha value is -3.27. The van der Waals surface area contributed by atoms with Gasteiger partial charge in [-0.15, -0.1) is 0 Å². The Bertz CT molecular complexity index is 1400. The van der Waals surface area contributed by atoms with Gasteiger partial charge in [0.2, 0.25) is 5.91 Å². The Labute approximate surface area is 260 Å². The number of imidazole rings is 1. The molecule has 16 nitrogen and oxygen atoms in total. The quantitative estimate of drug-likeness (QED) is 0.120. The maximum Gasteiger partial charge on any atom is 0.317 e. The summed E-state index contributed by atoms with van der Waals surface area (Å²) in [4.78, 5) is 59.4. The first-order valence-corrected chi connectivity index (χ1v) is 16.5. The Kier molecular flexibility index (Phi) is 11.3. The molecule has 4 heterocycles. The number of fused-ring (bicyclic) bond motifs is 1. The third-order valence-corrected chi connectivity index (χ3v) is 9.08. The maximum absolute atomic E-state index is 12.7. The van der Waals surface area contributed by atoms with E-state index in [1.54, 1.807) is 4.57 Å². The molecule has 2 fully saturated rings. The summed E-state index contributed by atoms with van der Waals surface area (Å²) in [6.07, 6.45) is 8.03. The molecule has 5 N–H and O–H groups in total. The first-order valence-electron chi connectivity index (χ1n) is 15.3. The van der Waals surface area contributed by atoms with Gasteiger partial charge in [0.15, 0.2) is 17.7 Å². The molecule has 0 radical (unpaired) electrons. The Morgan fingerprint density at radius 3 is 2.51 bits per heavy atom. The van der Waals surface area contributed by atoms with Crippen molar-refractivity contribution < 1.29 is 42.9 Å². The number of aromatic nitrogens is 4. The number of carbonyl (C=O) groups excluding carboxylic acids is 3. The second-order valence-electron chi connectivity index (χ2n) is 11.6. The zero-order valence-electron chi connectivity index (χ0n) is 24.8. The number of nitrogen functional groups attached to an aromatic ring is 1. The number of aliphatic hydroxyl groups excluding tert-OH is 1. The number of unbranched alkanes of at least 4 members (excludes halogenated alkanes) is 3. The molecule has 0 spiro atoms. The van der Waals surface area contributed by atoms with Crippen molar-refractivity contribution in [1.82, 2.24) is 29.7 Å². The molecule has 2 aromatic heterocycles. The Balaban J connectivity index is 1.02. The number of carbonyl (C=O) groups is 3. The lowest BCUT2D eigenvalue weighted by Gasteiger charge is -2.30. The molecular weight excluding hydrogens is 609 g/mol. The number of nitrogens with zero attached hydrogens (tertiary/aromatic N) is 5. The van der Waals surface area contributed by atoms with Crippen molar-refractivity contribution in [2.45, 2.75) is 75.9 Å². The summed E-state index contributed by atoms with van der Waals surface area (Å²) < 4.78 is 30.5. The van der Waals surface area contributed by atoms with Gasteiger partial charge in [-0.05, 0) is 44.4 Å². The van der Waals surface area contributed by atoms with E-state index in [1.165, 1.54) is 29.7 Å². The van der Waals surface area contributed by atoms with Crippen LogP contribution in [0.4, 0.5) is 5.82 Å². The summed E-state index contributed by atoms with van der Waals surface area (Å²) in [6.45, 7) is 0.835. The first-order chi connectivity index (χ1) is 21.8. The lowest BCUT2D eigenvalue weighted by atomic mass is 9.81. The number of anilines is 1. The van der Waals surface area contributed by atoms with Crippen LogP contribution in [0.5, 0.6) is 0 Å². The average molecular weight is 650 g/mol. The van der Waals surface area contributed by atoms with Crippen LogP contribution < -0.4 is 11.1 Å². The van der Waals surface area contributed by atoms with Crippen LogP contribution >= 0.6 is 8.25 Å². The van der Waals surface area contributed by atoms with Gasteiger partial charge in [-0.25, -0.2) is 15.0 Å². The minimum atomic E-state index is -3.36. The number of hydrogen-bond acceptors (Lipinski definition) is 12. The molecule has 2 aromatic rings. The molecule has 5 rings (SSSR count). The van der Waals surface area contributed by atoms with E-state index >= 15 is 0 Å². The highest BCUT2D eigenvalue weighted by atomic mass is 31.1. The minimum absolute atomic E-state index is 0.0470. The van der Waals surface area contributed by atoms with Crippen molar-refractivity contribution in [2.75, 3.05) is 32.0 Å². The van der Waals surface area contributed by atoms with Crippen LogP contribution in [0.15, 0.2) is 24.8 Å². The number of ether oxygens (including phenoxy) is 2. The van der Waals surface area contributed by atoms with Crippen LogP contribution in [-0.4, -0.2) is 96.8 Å². The number of nitrogens with one attached hydrogen (secondary N) is 1. The van der Waals surface area contributed by atoms with Gasteiger partial charge in [-0.2, -0.15) is 0 Å². The summed E-state index contributed by atoms with van der Waals surface area (Å²) in [5.74, 6) is -0.116. The lowest BCUT2D eigenvalue weighted by Crippen LogP contribution is -2.38. The fraction of sp³-hybridized carbons (Fsp3) is 0.643.